The van der Waals surface area contributed by atoms with Crippen molar-refractivity contribution in [2.45, 2.75) is 31.8 Å². The highest BCUT2D eigenvalue weighted by Crippen LogP contribution is 2.19. The van der Waals surface area contributed by atoms with Crippen LogP contribution in [0.5, 0.6) is 0 Å². The molecule has 1 aliphatic rings. The SMILES string of the molecule is C[C@H](NC1CCCN(C)C1)c1cccc(Cl)c1. The second kappa shape index (κ2) is 5.85. The molecule has 94 valence electrons. The molecule has 0 saturated carbocycles. The number of likely N-dealkylation sites (tertiary alicyclic amines) is 1. The maximum absolute atomic E-state index is 6.02. The molecule has 0 spiro atoms. The zero-order valence-corrected chi connectivity index (χ0v) is 11.4. The second-order valence-corrected chi connectivity index (χ2v) is 5.48. The Morgan fingerprint density at radius 2 is 2.29 bits per heavy atom. The lowest BCUT2D eigenvalue weighted by molar-refractivity contribution is 0.218. The number of piperidine rings is 1. The van der Waals surface area contributed by atoms with Gasteiger partial charge in [0.05, 0.1) is 0 Å². The Balaban J connectivity index is 1.94. The zero-order valence-electron chi connectivity index (χ0n) is 10.6. The molecular formula is C14H21ClN2. The van der Waals surface area contributed by atoms with Crippen molar-refractivity contribution < 1.29 is 0 Å². The molecule has 1 heterocycles. The quantitative estimate of drug-likeness (QED) is 0.890. The van der Waals surface area contributed by atoms with E-state index in [0.717, 1.165) is 11.6 Å². The summed E-state index contributed by atoms with van der Waals surface area (Å²) >= 11 is 6.02. The molecule has 0 aromatic heterocycles. The van der Waals surface area contributed by atoms with Gasteiger partial charge in [-0.2, -0.15) is 0 Å². The first-order chi connectivity index (χ1) is 8.15. The molecule has 1 aromatic carbocycles. The molecule has 1 unspecified atom stereocenters. The van der Waals surface area contributed by atoms with Crippen molar-refractivity contribution in [1.82, 2.24) is 10.2 Å². The highest BCUT2D eigenvalue weighted by atomic mass is 35.5. The van der Waals surface area contributed by atoms with Crippen LogP contribution < -0.4 is 5.32 Å². The molecular weight excluding hydrogens is 232 g/mol. The van der Waals surface area contributed by atoms with Gasteiger partial charge in [0.25, 0.3) is 0 Å². The summed E-state index contributed by atoms with van der Waals surface area (Å²) in [4.78, 5) is 2.39. The first-order valence-electron chi connectivity index (χ1n) is 6.35. The van der Waals surface area contributed by atoms with E-state index in [9.17, 15) is 0 Å². The van der Waals surface area contributed by atoms with Gasteiger partial charge in [-0.05, 0) is 51.1 Å². The first kappa shape index (κ1) is 12.9. The molecule has 0 radical (unpaired) electrons. The molecule has 0 bridgehead atoms. The molecule has 2 rings (SSSR count). The van der Waals surface area contributed by atoms with Crippen LogP contribution in [0, 0.1) is 0 Å². The summed E-state index contributed by atoms with van der Waals surface area (Å²) in [6.07, 6.45) is 2.56. The third-order valence-electron chi connectivity index (χ3n) is 3.46. The van der Waals surface area contributed by atoms with Crippen molar-refractivity contribution in [2.24, 2.45) is 0 Å². The minimum absolute atomic E-state index is 0.366. The fraction of sp³-hybridized carbons (Fsp3) is 0.571. The van der Waals surface area contributed by atoms with Gasteiger partial charge in [-0.1, -0.05) is 23.7 Å². The lowest BCUT2D eigenvalue weighted by Crippen LogP contribution is -2.44. The third-order valence-corrected chi connectivity index (χ3v) is 3.69. The van der Waals surface area contributed by atoms with E-state index >= 15 is 0 Å². The zero-order chi connectivity index (χ0) is 12.3. The number of rotatable bonds is 3. The maximum Gasteiger partial charge on any atom is 0.0409 e. The minimum Gasteiger partial charge on any atom is -0.306 e. The smallest absolute Gasteiger partial charge is 0.0409 e. The molecule has 0 aliphatic carbocycles. The van der Waals surface area contributed by atoms with Crippen LogP contribution in [0.25, 0.3) is 0 Å². The van der Waals surface area contributed by atoms with Gasteiger partial charge < -0.3 is 10.2 Å². The van der Waals surface area contributed by atoms with Crippen LogP contribution >= 0.6 is 11.6 Å². The Hall–Kier alpha value is -0.570. The largest absolute Gasteiger partial charge is 0.306 e. The number of likely N-dealkylation sites (N-methyl/N-ethyl adjacent to an activating group) is 1. The van der Waals surface area contributed by atoms with Gasteiger partial charge in [0, 0.05) is 23.7 Å². The van der Waals surface area contributed by atoms with E-state index in [1.165, 1.54) is 24.9 Å². The summed E-state index contributed by atoms with van der Waals surface area (Å²) in [6, 6.07) is 9.09. The van der Waals surface area contributed by atoms with Crippen molar-refractivity contribution in [2.75, 3.05) is 20.1 Å². The van der Waals surface area contributed by atoms with Crippen molar-refractivity contribution >= 4 is 11.6 Å². The van der Waals surface area contributed by atoms with Crippen LogP contribution in [0.4, 0.5) is 0 Å². The Morgan fingerprint density at radius 1 is 1.47 bits per heavy atom. The molecule has 2 atom stereocenters. The van der Waals surface area contributed by atoms with Gasteiger partial charge in [0.1, 0.15) is 0 Å². The maximum atomic E-state index is 6.02. The highest BCUT2D eigenvalue weighted by molar-refractivity contribution is 6.30. The second-order valence-electron chi connectivity index (χ2n) is 5.04. The monoisotopic (exact) mass is 252 g/mol. The van der Waals surface area contributed by atoms with Crippen LogP contribution in [-0.4, -0.2) is 31.1 Å². The van der Waals surface area contributed by atoms with Gasteiger partial charge in [-0.3, -0.25) is 0 Å². The van der Waals surface area contributed by atoms with E-state index in [-0.39, 0.29) is 0 Å². The van der Waals surface area contributed by atoms with Gasteiger partial charge in [0.15, 0.2) is 0 Å². The van der Waals surface area contributed by atoms with Crippen molar-refractivity contribution in [3.8, 4) is 0 Å². The Kier molecular flexibility index (Phi) is 4.43. The molecule has 17 heavy (non-hydrogen) atoms. The van der Waals surface area contributed by atoms with Crippen LogP contribution in [0.15, 0.2) is 24.3 Å². The number of benzene rings is 1. The number of halogens is 1. The summed E-state index contributed by atoms with van der Waals surface area (Å²) < 4.78 is 0. The van der Waals surface area contributed by atoms with Crippen molar-refractivity contribution in [1.29, 1.82) is 0 Å². The summed E-state index contributed by atoms with van der Waals surface area (Å²) in [7, 11) is 2.19. The molecule has 1 aromatic rings. The topological polar surface area (TPSA) is 15.3 Å². The van der Waals surface area contributed by atoms with Crippen LogP contribution in [-0.2, 0) is 0 Å². The van der Waals surface area contributed by atoms with E-state index in [1.54, 1.807) is 0 Å². The van der Waals surface area contributed by atoms with Gasteiger partial charge in [-0.15, -0.1) is 0 Å². The Bertz CT molecular complexity index is 367. The Labute approximate surface area is 109 Å². The molecule has 3 heteroatoms. The summed E-state index contributed by atoms with van der Waals surface area (Å²) in [5.41, 5.74) is 1.27. The molecule has 1 fully saturated rings. The predicted molar refractivity (Wildman–Crippen MR) is 73.5 cm³/mol. The fourth-order valence-electron chi connectivity index (χ4n) is 2.53. The number of nitrogens with zero attached hydrogens (tertiary/aromatic N) is 1. The van der Waals surface area contributed by atoms with Crippen molar-refractivity contribution in [3.63, 3.8) is 0 Å². The van der Waals surface area contributed by atoms with Gasteiger partial charge in [0.2, 0.25) is 0 Å². The first-order valence-corrected chi connectivity index (χ1v) is 6.73. The number of nitrogens with one attached hydrogen (secondary N) is 1. The number of hydrogen-bond donors (Lipinski definition) is 1. The summed E-state index contributed by atoms with van der Waals surface area (Å²) in [6.45, 7) is 4.58. The van der Waals surface area contributed by atoms with E-state index in [4.69, 9.17) is 11.6 Å². The average molecular weight is 253 g/mol. The Morgan fingerprint density at radius 3 is 3.00 bits per heavy atom. The molecule has 1 aliphatic heterocycles. The van der Waals surface area contributed by atoms with Crippen LogP contribution in [0.3, 0.4) is 0 Å². The molecule has 1 saturated heterocycles. The predicted octanol–water partition coefficient (Wildman–Crippen LogP) is 3.08. The fourth-order valence-corrected chi connectivity index (χ4v) is 2.73. The average Bonchev–Trinajstić information content (AvgIpc) is 2.29. The van der Waals surface area contributed by atoms with E-state index in [1.807, 2.05) is 18.2 Å². The normalized spacial score (nSPS) is 23.6. The summed E-state index contributed by atoms with van der Waals surface area (Å²) in [5.74, 6) is 0. The van der Waals surface area contributed by atoms with Crippen molar-refractivity contribution in [3.05, 3.63) is 34.9 Å². The lowest BCUT2D eigenvalue weighted by Gasteiger charge is -2.32. The van der Waals surface area contributed by atoms with Gasteiger partial charge >= 0.3 is 0 Å². The van der Waals surface area contributed by atoms with E-state index < -0.39 is 0 Å². The summed E-state index contributed by atoms with van der Waals surface area (Å²) in [5, 5.41) is 4.51. The van der Waals surface area contributed by atoms with Crippen LogP contribution in [0.1, 0.15) is 31.4 Å². The standard InChI is InChI=1S/C14H21ClN2/c1-11(12-5-3-6-13(15)9-12)16-14-7-4-8-17(2)10-14/h3,5-6,9,11,14,16H,4,7-8,10H2,1-2H3/t11-,14?/m0/s1. The molecule has 0 amide bonds. The minimum atomic E-state index is 0.366. The lowest BCUT2D eigenvalue weighted by atomic mass is 10.0. The van der Waals surface area contributed by atoms with Gasteiger partial charge in [-0.25, -0.2) is 0 Å². The molecule has 1 N–H and O–H groups in total. The third kappa shape index (κ3) is 3.70. The highest BCUT2D eigenvalue weighted by Gasteiger charge is 2.19. The number of hydrogen-bond acceptors (Lipinski definition) is 2. The van der Waals surface area contributed by atoms with E-state index in [0.29, 0.717) is 12.1 Å². The molecule has 2 nitrogen and oxygen atoms in total. The van der Waals surface area contributed by atoms with Crippen LogP contribution in [0.2, 0.25) is 5.02 Å². The van der Waals surface area contributed by atoms with E-state index in [2.05, 4.69) is 30.3 Å².